The molecule has 0 aliphatic rings. The van der Waals surface area contributed by atoms with Crippen molar-refractivity contribution in [3.05, 3.63) is 17.9 Å². The molecule has 0 N–H and O–H groups in total. The highest BCUT2D eigenvalue weighted by molar-refractivity contribution is 5.06. The van der Waals surface area contributed by atoms with E-state index in [1.807, 2.05) is 7.05 Å². The normalized spacial score (nSPS) is 11.7. The van der Waals surface area contributed by atoms with Crippen molar-refractivity contribution in [2.75, 3.05) is 14.2 Å². The maximum atomic E-state index is 5.05. The molecule has 4 heteroatoms. The quantitative estimate of drug-likeness (QED) is 0.568. The molecule has 1 aromatic rings. The van der Waals surface area contributed by atoms with E-state index in [9.17, 15) is 0 Å². The molecule has 0 fully saturated rings. The fourth-order valence-electron chi connectivity index (χ4n) is 0.777. The zero-order chi connectivity index (χ0) is 8.27. The average molecular weight is 153 g/mol. The molecule has 0 unspecified atom stereocenters. The lowest BCUT2D eigenvalue weighted by Gasteiger charge is -2.04. The third kappa shape index (κ3) is 1.58. The highest BCUT2D eigenvalue weighted by Gasteiger charge is 1.93. The SMILES string of the molecule is CN=c1cc(OC)n(C)cn1. The predicted molar refractivity (Wildman–Crippen MR) is 41.2 cm³/mol. The van der Waals surface area contributed by atoms with E-state index in [0.29, 0.717) is 5.49 Å². The van der Waals surface area contributed by atoms with Crippen molar-refractivity contribution >= 4 is 0 Å². The molecule has 0 amide bonds. The molecule has 0 aliphatic heterocycles. The first-order chi connectivity index (χ1) is 5.27. The van der Waals surface area contributed by atoms with Crippen LogP contribution in [0, 0.1) is 0 Å². The molecule has 0 atom stereocenters. The van der Waals surface area contributed by atoms with Gasteiger partial charge in [0.05, 0.1) is 13.4 Å². The van der Waals surface area contributed by atoms with Gasteiger partial charge in [0.25, 0.3) is 0 Å². The Bertz CT molecular complexity index is 303. The lowest BCUT2D eigenvalue weighted by molar-refractivity contribution is 0.375. The Morgan fingerprint density at radius 2 is 2.36 bits per heavy atom. The molecule has 4 nitrogen and oxygen atoms in total. The van der Waals surface area contributed by atoms with Crippen LogP contribution in [0.3, 0.4) is 0 Å². The molecular formula is C7H11N3O. The van der Waals surface area contributed by atoms with Crippen molar-refractivity contribution in [3.8, 4) is 5.88 Å². The number of nitrogens with zero attached hydrogens (tertiary/aromatic N) is 3. The number of aromatic nitrogens is 2. The Labute approximate surface area is 65.2 Å². The smallest absolute Gasteiger partial charge is 0.197 e. The minimum absolute atomic E-state index is 0.681. The molecule has 0 radical (unpaired) electrons. The van der Waals surface area contributed by atoms with Crippen molar-refractivity contribution in [1.29, 1.82) is 0 Å². The van der Waals surface area contributed by atoms with Crippen LogP contribution < -0.4 is 10.2 Å². The summed E-state index contributed by atoms with van der Waals surface area (Å²) in [5.41, 5.74) is 0.681. The molecule has 0 aromatic carbocycles. The van der Waals surface area contributed by atoms with Crippen LogP contribution >= 0.6 is 0 Å². The van der Waals surface area contributed by atoms with E-state index >= 15 is 0 Å². The average Bonchev–Trinajstić information content (AvgIpc) is 2.05. The number of aryl methyl sites for hydroxylation is 1. The Kier molecular flexibility index (Phi) is 2.25. The minimum Gasteiger partial charge on any atom is -0.482 e. The zero-order valence-electron chi connectivity index (χ0n) is 6.90. The molecule has 1 heterocycles. The number of hydrogen-bond donors (Lipinski definition) is 0. The van der Waals surface area contributed by atoms with E-state index in [0.717, 1.165) is 5.88 Å². The second-order valence-electron chi connectivity index (χ2n) is 2.12. The third-order valence-electron chi connectivity index (χ3n) is 1.40. The first kappa shape index (κ1) is 7.78. The second-order valence-corrected chi connectivity index (χ2v) is 2.12. The van der Waals surface area contributed by atoms with Crippen molar-refractivity contribution in [1.82, 2.24) is 9.55 Å². The Morgan fingerprint density at radius 1 is 1.64 bits per heavy atom. The van der Waals surface area contributed by atoms with Gasteiger partial charge in [0, 0.05) is 20.2 Å². The van der Waals surface area contributed by atoms with Crippen LogP contribution in [0.15, 0.2) is 17.4 Å². The zero-order valence-corrected chi connectivity index (χ0v) is 6.90. The Hall–Kier alpha value is -1.32. The van der Waals surface area contributed by atoms with E-state index in [2.05, 4.69) is 9.98 Å². The summed E-state index contributed by atoms with van der Waals surface area (Å²) in [6.07, 6.45) is 1.67. The number of methoxy groups -OCH3 is 1. The van der Waals surface area contributed by atoms with Crippen LogP contribution in [-0.2, 0) is 7.05 Å². The monoisotopic (exact) mass is 153 g/mol. The largest absolute Gasteiger partial charge is 0.482 e. The van der Waals surface area contributed by atoms with Gasteiger partial charge in [0.15, 0.2) is 11.4 Å². The van der Waals surface area contributed by atoms with E-state index in [1.54, 1.807) is 31.1 Å². The van der Waals surface area contributed by atoms with Gasteiger partial charge >= 0.3 is 0 Å². The summed E-state index contributed by atoms with van der Waals surface area (Å²) < 4.78 is 6.84. The summed E-state index contributed by atoms with van der Waals surface area (Å²) in [6, 6.07) is 1.78. The van der Waals surface area contributed by atoms with Crippen molar-refractivity contribution in [2.24, 2.45) is 12.0 Å². The molecule has 1 rings (SSSR count). The van der Waals surface area contributed by atoms with Crippen LogP contribution in [-0.4, -0.2) is 23.7 Å². The van der Waals surface area contributed by atoms with Crippen LogP contribution in [0.2, 0.25) is 0 Å². The highest BCUT2D eigenvalue weighted by atomic mass is 16.5. The fraction of sp³-hybridized carbons (Fsp3) is 0.429. The number of rotatable bonds is 1. The summed E-state index contributed by atoms with van der Waals surface area (Å²) in [4.78, 5) is 7.94. The molecule has 0 bridgehead atoms. The van der Waals surface area contributed by atoms with Crippen molar-refractivity contribution in [3.63, 3.8) is 0 Å². The van der Waals surface area contributed by atoms with Gasteiger partial charge in [-0.2, -0.15) is 0 Å². The molecule has 60 valence electrons. The minimum atomic E-state index is 0.681. The van der Waals surface area contributed by atoms with E-state index in [4.69, 9.17) is 4.74 Å². The van der Waals surface area contributed by atoms with Crippen LogP contribution in [0.4, 0.5) is 0 Å². The van der Waals surface area contributed by atoms with E-state index in [1.165, 1.54) is 0 Å². The van der Waals surface area contributed by atoms with Gasteiger partial charge in [-0.1, -0.05) is 0 Å². The standard InChI is InChI=1S/C7H11N3O/c1-8-6-4-7(11-3)10(2)5-9-6/h4-5H,1-3H3. The van der Waals surface area contributed by atoms with Gasteiger partial charge in [-0.3, -0.25) is 4.99 Å². The molecule has 11 heavy (non-hydrogen) atoms. The molecule has 0 spiro atoms. The van der Waals surface area contributed by atoms with Gasteiger partial charge < -0.3 is 9.30 Å². The molecule has 1 aromatic heterocycles. The lowest BCUT2D eigenvalue weighted by atomic mass is 10.6. The topological polar surface area (TPSA) is 39.4 Å². The molecule has 0 aliphatic carbocycles. The number of hydrogen-bond acceptors (Lipinski definition) is 3. The maximum Gasteiger partial charge on any atom is 0.197 e. The highest BCUT2D eigenvalue weighted by Crippen LogP contribution is 2.00. The fourth-order valence-corrected chi connectivity index (χ4v) is 0.777. The lowest BCUT2D eigenvalue weighted by Crippen LogP contribution is -2.11. The maximum absolute atomic E-state index is 5.05. The van der Waals surface area contributed by atoms with Crippen LogP contribution in [0.1, 0.15) is 0 Å². The van der Waals surface area contributed by atoms with Crippen LogP contribution in [0.25, 0.3) is 0 Å². The predicted octanol–water partition coefficient (Wildman–Crippen LogP) is -0.0408. The van der Waals surface area contributed by atoms with Crippen molar-refractivity contribution < 1.29 is 4.74 Å². The Morgan fingerprint density at radius 3 is 2.91 bits per heavy atom. The molecule has 0 saturated heterocycles. The van der Waals surface area contributed by atoms with Crippen LogP contribution in [0.5, 0.6) is 5.88 Å². The van der Waals surface area contributed by atoms with Gasteiger partial charge in [-0.15, -0.1) is 0 Å². The second kappa shape index (κ2) is 3.18. The number of ether oxygens (including phenoxy) is 1. The Balaban J connectivity index is 3.24. The van der Waals surface area contributed by atoms with E-state index in [-0.39, 0.29) is 0 Å². The van der Waals surface area contributed by atoms with Gasteiger partial charge in [0.1, 0.15) is 0 Å². The van der Waals surface area contributed by atoms with Gasteiger partial charge in [-0.25, -0.2) is 4.98 Å². The summed E-state index contributed by atoms with van der Waals surface area (Å²) in [5.74, 6) is 0.751. The molecular weight excluding hydrogens is 142 g/mol. The summed E-state index contributed by atoms with van der Waals surface area (Å²) in [6.45, 7) is 0. The summed E-state index contributed by atoms with van der Waals surface area (Å²) in [7, 11) is 5.18. The first-order valence-electron chi connectivity index (χ1n) is 3.27. The van der Waals surface area contributed by atoms with Gasteiger partial charge in [-0.05, 0) is 0 Å². The third-order valence-corrected chi connectivity index (χ3v) is 1.40. The summed E-state index contributed by atoms with van der Waals surface area (Å²) >= 11 is 0. The molecule has 0 saturated carbocycles. The first-order valence-corrected chi connectivity index (χ1v) is 3.27. The summed E-state index contributed by atoms with van der Waals surface area (Å²) in [5, 5.41) is 0. The van der Waals surface area contributed by atoms with E-state index < -0.39 is 0 Å². The van der Waals surface area contributed by atoms with Crippen molar-refractivity contribution in [2.45, 2.75) is 0 Å². The van der Waals surface area contributed by atoms with Gasteiger partial charge in [0.2, 0.25) is 0 Å².